The van der Waals surface area contributed by atoms with Gasteiger partial charge in [0, 0.05) is 17.5 Å². The minimum absolute atomic E-state index is 0.451. The van der Waals surface area contributed by atoms with Crippen LogP contribution in [0.1, 0.15) is 46.0 Å². The Bertz CT molecular complexity index is 223. The molecule has 1 saturated heterocycles. The zero-order chi connectivity index (χ0) is 12.8. The molecule has 1 heterocycles. The highest BCUT2D eigenvalue weighted by Crippen LogP contribution is 2.34. The number of hydrogen-bond acceptors (Lipinski definition) is 3. The summed E-state index contributed by atoms with van der Waals surface area (Å²) in [6.45, 7) is 6.58. The van der Waals surface area contributed by atoms with E-state index in [-0.39, 0.29) is 0 Å². The first-order valence-corrected chi connectivity index (χ1v) is 8.93. The Labute approximate surface area is 117 Å². The number of rotatable bonds is 5. The Morgan fingerprint density at radius 3 is 2.56 bits per heavy atom. The molecular weight excluding hydrogens is 242 g/mol. The lowest BCUT2D eigenvalue weighted by Crippen LogP contribution is -2.50. The molecular formula is C15H29NOS. The molecule has 0 aromatic rings. The highest BCUT2D eigenvalue weighted by atomic mass is 32.2. The minimum Gasteiger partial charge on any atom is -0.375 e. The predicted octanol–water partition coefficient (Wildman–Crippen LogP) is 3.31. The maximum atomic E-state index is 6.02. The van der Waals surface area contributed by atoms with Crippen LogP contribution in [0.25, 0.3) is 0 Å². The normalized spacial score (nSPS) is 35.3. The van der Waals surface area contributed by atoms with E-state index < -0.39 is 0 Å². The van der Waals surface area contributed by atoms with Gasteiger partial charge in [-0.3, -0.25) is 0 Å². The third-order valence-electron chi connectivity index (χ3n) is 4.66. The van der Waals surface area contributed by atoms with Crippen LogP contribution in [0.4, 0.5) is 0 Å². The first-order chi connectivity index (χ1) is 8.85. The maximum Gasteiger partial charge on any atom is 0.0821 e. The van der Waals surface area contributed by atoms with E-state index in [1.807, 2.05) is 0 Å². The van der Waals surface area contributed by atoms with Gasteiger partial charge in [-0.15, -0.1) is 0 Å². The van der Waals surface area contributed by atoms with Crippen LogP contribution in [0.5, 0.6) is 0 Å². The van der Waals surface area contributed by atoms with Crippen LogP contribution in [0.3, 0.4) is 0 Å². The molecule has 106 valence electrons. The molecule has 0 radical (unpaired) electrons. The third kappa shape index (κ3) is 3.88. The standard InChI is InChI=1S/C15H29NOS/c1-3-12-5-7-13(8-6-12)15(16-4-2)14-11-18-10-9-17-14/h12-16H,3-11H2,1-2H3. The molecule has 2 rings (SSSR count). The summed E-state index contributed by atoms with van der Waals surface area (Å²) in [6.07, 6.45) is 7.49. The second-order valence-electron chi connectivity index (χ2n) is 5.76. The van der Waals surface area contributed by atoms with E-state index in [4.69, 9.17) is 4.74 Å². The second-order valence-corrected chi connectivity index (χ2v) is 6.91. The summed E-state index contributed by atoms with van der Waals surface area (Å²) in [4.78, 5) is 0. The van der Waals surface area contributed by atoms with E-state index in [1.165, 1.54) is 43.6 Å². The van der Waals surface area contributed by atoms with Gasteiger partial charge in [-0.25, -0.2) is 0 Å². The van der Waals surface area contributed by atoms with Crippen LogP contribution in [0, 0.1) is 11.8 Å². The molecule has 2 nitrogen and oxygen atoms in total. The Hall–Kier alpha value is 0.270. The molecule has 0 aromatic heterocycles. The van der Waals surface area contributed by atoms with Crippen LogP contribution in [-0.2, 0) is 4.74 Å². The smallest absolute Gasteiger partial charge is 0.0821 e. The van der Waals surface area contributed by atoms with Gasteiger partial charge in [0.1, 0.15) is 0 Å². The fourth-order valence-corrected chi connectivity index (χ4v) is 4.42. The number of likely N-dealkylation sites (N-methyl/N-ethyl adjacent to an activating group) is 1. The van der Waals surface area contributed by atoms with E-state index in [1.54, 1.807) is 0 Å². The Balaban J connectivity index is 1.88. The summed E-state index contributed by atoms with van der Waals surface area (Å²) in [5.74, 6) is 4.20. The van der Waals surface area contributed by atoms with Gasteiger partial charge in [0.15, 0.2) is 0 Å². The Kier molecular flexibility index (Phi) is 6.33. The molecule has 0 spiro atoms. The molecule has 1 aliphatic heterocycles. The largest absolute Gasteiger partial charge is 0.375 e. The van der Waals surface area contributed by atoms with Gasteiger partial charge in [-0.2, -0.15) is 11.8 Å². The predicted molar refractivity (Wildman–Crippen MR) is 80.3 cm³/mol. The van der Waals surface area contributed by atoms with E-state index in [0.717, 1.165) is 25.0 Å². The fraction of sp³-hybridized carbons (Fsp3) is 1.00. The van der Waals surface area contributed by atoms with Crippen LogP contribution in [0.2, 0.25) is 0 Å². The summed E-state index contributed by atoms with van der Waals surface area (Å²) in [6, 6.07) is 0.598. The topological polar surface area (TPSA) is 21.3 Å². The van der Waals surface area contributed by atoms with Crippen molar-refractivity contribution in [2.45, 2.75) is 58.1 Å². The lowest BCUT2D eigenvalue weighted by atomic mass is 9.76. The molecule has 3 heteroatoms. The SMILES string of the molecule is CCNC(C1CCC(CC)CC1)C1CSCCO1. The van der Waals surface area contributed by atoms with Gasteiger partial charge in [-0.05, 0) is 31.2 Å². The fourth-order valence-electron chi connectivity index (χ4n) is 3.51. The van der Waals surface area contributed by atoms with Crippen LogP contribution in [-0.4, -0.2) is 36.8 Å². The number of nitrogens with one attached hydrogen (secondary N) is 1. The third-order valence-corrected chi connectivity index (χ3v) is 5.68. The van der Waals surface area contributed by atoms with Crippen molar-refractivity contribution in [3.05, 3.63) is 0 Å². The minimum atomic E-state index is 0.451. The second kappa shape index (κ2) is 7.76. The van der Waals surface area contributed by atoms with Crippen molar-refractivity contribution in [1.29, 1.82) is 0 Å². The first kappa shape index (κ1) is 14.7. The van der Waals surface area contributed by atoms with Crippen molar-refractivity contribution >= 4 is 11.8 Å². The molecule has 1 saturated carbocycles. The molecule has 2 unspecified atom stereocenters. The van der Waals surface area contributed by atoms with Crippen molar-refractivity contribution in [2.24, 2.45) is 11.8 Å². The van der Waals surface area contributed by atoms with Crippen LogP contribution in [0.15, 0.2) is 0 Å². The Morgan fingerprint density at radius 1 is 1.22 bits per heavy atom. The summed E-state index contributed by atoms with van der Waals surface area (Å²) in [7, 11) is 0. The van der Waals surface area contributed by atoms with E-state index >= 15 is 0 Å². The molecule has 1 aliphatic carbocycles. The van der Waals surface area contributed by atoms with Crippen molar-refractivity contribution in [2.75, 3.05) is 24.7 Å². The molecule has 0 aromatic carbocycles. The molecule has 2 fully saturated rings. The summed E-state index contributed by atoms with van der Waals surface area (Å²) in [5, 5.41) is 3.72. The van der Waals surface area contributed by atoms with Crippen molar-refractivity contribution in [3.63, 3.8) is 0 Å². The lowest BCUT2D eigenvalue weighted by Gasteiger charge is -2.39. The van der Waals surface area contributed by atoms with E-state index in [0.29, 0.717) is 12.1 Å². The van der Waals surface area contributed by atoms with Gasteiger partial charge in [0.05, 0.1) is 12.7 Å². The monoisotopic (exact) mass is 271 g/mol. The average Bonchev–Trinajstić information content (AvgIpc) is 2.46. The number of ether oxygens (including phenoxy) is 1. The average molecular weight is 271 g/mol. The molecule has 2 aliphatic rings. The van der Waals surface area contributed by atoms with Gasteiger partial charge >= 0.3 is 0 Å². The first-order valence-electron chi connectivity index (χ1n) is 7.77. The lowest BCUT2D eigenvalue weighted by molar-refractivity contribution is 0.0208. The van der Waals surface area contributed by atoms with Gasteiger partial charge < -0.3 is 10.1 Å². The van der Waals surface area contributed by atoms with Gasteiger partial charge in [0.2, 0.25) is 0 Å². The zero-order valence-corrected chi connectivity index (χ0v) is 12.8. The van der Waals surface area contributed by atoms with Gasteiger partial charge in [-0.1, -0.05) is 33.1 Å². The van der Waals surface area contributed by atoms with E-state index in [2.05, 4.69) is 30.9 Å². The zero-order valence-electron chi connectivity index (χ0n) is 12.0. The summed E-state index contributed by atoms with van der Waals surface area (Å²) < 4.78 is 6.02. The van der Waals surface area contributed by atoms with Gasteiger partial charge in [0.25, 0.3) is 0 Å². The molecule has 0 bridgehead atoms. The van der Waals surface area contributed by atoms with Crippen LogP contribution < -0.4 is 5.32 Å². The molecule has 2 atom stereocenters. The van der Waals surface area contributed by atoms with Crippen molar-refractivity contribution < 1.29 is 4.74 Å². The highest BCUT2D eigenvalue weighted by Gasteiger charge is 2.33. The van der Waals surface area contributed by atoms with E-state index in [9.17, 15) is 0 Å². The van der Waals surface area contributed by atoms with Crippen molar-refractivity contribution in [1.82, 2.24) is 5.32 Å². The summed E-state index contributed by atoms with van der Waals surface area (Å²) >= 11 is 2.06. The number of thioether (sulfide) groups is 1. The molecule has 18 heavy (non-hydrogen) atoms. The highest BCUT2D eigenvalue weighted by molar-refractivity contribution is 7.99. The van der Waals surface area contributed by atoms with Crippen LogP contribution >= 0.6 is 11.8 Å². The quantitative estimate of drug-likeness (QED) is 0.829. The summed E-state index contributed by atoms with van der Waals surface area (Å²) in [5.41, 5.74) is 0. The molecule has 0 amide bonds. The molecule has 1 N–H and O–H groups in total. The number of hydrogen-bond donors (Lipinski definition) is 1. The Morgan fingerprint density at radius 2 is 2.00 bits per heavy atom. The van der Waals surface area contributed by atoms with Crippen molar-refractivity contribution in [3.8, 4) is 0 Å². The maximum absolute atomic E-state index is 6.02.